The van der Waals surface area contributed by atoms with Gasteiger partial charge in [0.2, 0.25) is 0 Å². The Hall–Kier alpha value is -3.78. The number of carbonyl (C=O) groups is 1. The third-order valence-corrected chi connectivity index (χ3v) is 5.57. The molecule has 0 aliphatic heterocycles. The van der Waals surface area contributed by atoms with E-state index in [-0.39, 0.29) is 27.9 Å². The monoisotopic (exact) mass is 466 g/mol. The predicted molar refractivity (Wildman–Crippen MR) is 125 cm³/mol. The van der Waals surface area contributed by atoms with Gasteiger partial charge in [0.25, 0.3) is 5.56 Å². The van der Waals surface area contributed by atoms with Crippen LogP contribution in [0, 0.1) is 12.7 Å². The van der Waals surface area contributed by atoms with Gasteiger partial charge >= 0.3 is 5.97 Å². The van der Waals surface area contributed by atoms with E-state index in [1.165, 1.54) is 22.8 Å². The van der Waals surface area contributed by atoms with Gasteiger partial charge in [-0.15, -0.1) is 0 Å². The number of fused-ring (bicyclic) bond motifs is 1. The molecule has 9 heteroatoms. The molecule has 1 unspecified atom stereocenters. The maximum Gasteiger partial charge on any atom is 0.356 e. The Morgan fingerprint density at radius 1 is 1.15 bits per heavy atom. The van der Waals surface area contributed by atoms with Gasteiger partial charge in [-0.1, -0.05) is 17.7 Å². The molecule has 1 atom stereocenters. The summed E-state index contributed by atoms with van der Waals surface area (Å²) in [7, 11) is 1.62. The molecule has 2 aromatic heterocycles. The number of aromatic nitrogens is 3. The van der Waals surface area contributed by atoms with Crippen LogP contribution in [0.5, 0.6) is 0 Å². The van der Waals surface area contributed by atoms with Crippen molar-refractivity contribution in [3.8, 4) is 11.4 Å². The van der Waals surface area contributed by atoms with Crippen LogP contribution >= 0.6 is 11.6 Å². The van der Waals surface area contributed by atoms with E-state index < -0.39 is 12.0 Å². The molecule has 4 aromatic rings. The summed E-state index contributed by atoms with van der Waals surface area (Å²) < 4.78 is 14.9. The summed E-state index contributed by atoms with van der Waals surface area (Å²) in [6.45, 7) is 3.71. The van der Waals surface area contributed by atoms with Crippen LogP contribution in [0.3, 0.4) is 0 Å². The molecule has 0 aliphatic carbocycles. The first kappa shape index (κ1) is 22.4. The Kier molecular flexibility index (Phi) is 5.86. The number of hydrogen-bond acceptors (Lipinski definition) is 5. The standard InChI is InChI=1S/C24H20ClFN4O3/c1-12-10-16(13(2)27-18-8-9-19(25)28-21(18)24(32)33)20-17(11-12)23(31)30(3)22(29-20)14-4-6-15(26)7-5-14/h4-11,13,27H,1-3H3,(H,32,33). The number of nitrogens with zero attached hydrogens (tertiary/aromatic N) is 3. The van der Waals surface area contributed by atoms with Crippen LogP contribution < -0.4 is 10.9 Å². The third-order valence-electron chi connectivity index (χ3n) is 5.36. The minimum absolute atomic E-state index is 0.0701. The summed E-state index contributed by atoms with van der Waals surface area (Å²) in [6.07, 6.45) is 0. The number of carboxylic acid groups (broad SMARTS) is 1. The van der Waals surface area contributed by atoms with Crippen LogP contribution in [-0.4, -0.2) is 25.6 Å². The fourth-order valence-electron chi connectivity index (χ4n) is 3.77. The van der Waals surface area contributed by atoms with Crippen molar-refractivity contribution in [2.24, 2.45) is 7.05 Å². The normalized spacial score (nSPS) is 12.0. The quantitative estimate of drug-likeness (QED) is 0.403. The Labute approximate surface area is 193 Å². The van der Waals surface area contributed by atoms with Gasteiger partial charge in [-0.3, -0.25) is 9.36 Å². The zero-order valence-corrected chi connectivity index (χ0v) is 18.8. The summed E-state index contributed by atoms with van der Waals surface area (Å²) in [5.41, 5.74) is 2.47. The Bertz CT molecular complexity index is 1450. The first-order valence-electron chi connectivity index (χ1n) is 10.1. The van der Waals surface area contributed by atoms with Gasteiger partial charge < -0.3 is 10.4 Å². The van der Waals surface area contributed by atoms with E-state index in [1.807, 2.05) is 19.9 Å². The van der Waals surface area contributed by atoms with Gasteiger partial charge in [-0.2, -0.15) is 0 Å². The minimum Gasteiger partial charge on any atom is -0.476 e. The maximum absolute atomic E-state index is 13.4. The van der Waals surface area contributed by atoms with Crippen LogP contribution in [0.4, 0.5) is 10.1 Å². The van der Waals surface area contributed by atoms with Gasteiger partial charge in [-0.25, -0.2) is 19.2 Å². The third kappa shape index (κ3) is 4.29. The summed E-state index contributed by atoms with van der Waals surface area (Å²) >= 11 is 5.86. The summed E-state index contributed by atoms with van der Waals surface area (Å²) in [5, 5.41) is 13.1. The van der Waals surface area contributed by atoms with Crippen molar-refractivity contribution >= 4 is 34.2 Å². The van der Waals surface area contributed by atoms with Gasteiger partial charge in [-0.05, 0) is 61.9 Å². The van der Waals surface area contributed by atoms with E-state index in [9.17, 15) is 19.1 Å². The molecule has 2 N–H and O–H groups in total. The van der Waals surface area contributed by atoms with E-state index >= 15 is 0 Å². The Morgan fingerprint density at radius 3 is 2.52 bits per heavy atom. The van der Waals surface area contributed by atoms with Crippen molar-refractivity contribution in [2.45, 2.75) is 19.9 Å². The number of nitrogens with one attached hydrogen (secondary N) is 1. The molecular weight excluding hydrogens is 447 g/mol. The molecule has 0 saturated carbocycles. The highest BCUT2D eigenvalue weighted by Crippen LogP contribution is 2.29. The van der Waals surface area contributed by atoms with Gasteiger partial charge in [0.1, 0.15) is 16.8 Å². The second-order valence-electron chi connectivity index (χ2n) is 7.76. The molecule has 7 nitrogen and oxygen atoms in total. The average Bonchev–Trinajstić information content (AvgIpc) is 2.77. The zero-order chi connectivity index (χ0) is 23.9. The molecule has 2 heterocycles. The predicted octanol–water partition coefficient (Wildman–Crippen LogP) is 4.97. The molecule has 0 aliphatic rings. The molecule has 0 radical (unpaired) electrons. The lowest BCUT2D eigenvalue weighted by atomic mass is 10.0. The molecular formula is C24H20ClFN4O3. The van der Waals surface area contributed by atoms with Crippen LogP contribution in [-0.2, 0) is 7.05 Å². The average molecular weight is 467 g/mol. The van der Waals surface area contributed by atoms with E-state index in [0.717, 1.165) is 5.56 Å². The lowest BCUT2D eigenvalue weighted by Crippen LogP contribution is -2.22. The van der Waals surface area contributed by atoms with E-state index in [2.05, 4.69) is 10.3 Å². The molecule has 0 bridgehead atoms. The maximum atomic E-state index is 13.4. The number of anilines is 1. The highest BCUT2D eigenvalue weighted by atomic mass is 35.5. The largest absolute Gasteiger partial charge is 0.476 e. The fraction of sp³-hybridized carbons (Fsp3) is 0.167. The number of aromatic carboxylic acids is 1. The lowest BCUT2D eigenvalue weighted by Gasteiger charge is -2.20. The topological polar surface area (TPSA) is 97.1 Å². The number of hydrogen-bond donors (Lipinski definition) is 2. The molecule has 2 aromatic carbocycles. The zero-order valence-electron chi connectivity index (χ0n) is 18.1. The SMILES string of the molecule is Cc1cc(C(C)Nc2ccc(Cl)nc2C(=O)O)c2nc(-c3ccc(F)cc3)n(C)c(=O)c2c1. The summed E-state index contributed by atoms with van der Waals surface area (Å²) in [6, 6.07) is 12.0. The molecule has 0 amide bonds. The second kappa shape index (κ2) is 8.63. The smallest absolute Gasteiger partial charge is 0.356 e. The van der Waals surface area contributed by atoms with Crippen molar-refractivity contribution in [3.05, 3.63) is 86.7 Å². The number of halogens is 2. The molecule has 168 valence electrons. The molecule has 0 spiro atoms. The minimum atomic E-state index is -1.22. The highest BCUT2D eigenvalue weighted by Gasteiger charge is 2.20. The van der Waals surface area contributed by atoms with Crippen LogP contribution in [0.1, 0.15) is 34.6 Å². The van der Waals surface area contributed by atoms with Gasteiger partial charge in [0.05, 0.1) is 22.6 Å². The lowest BCUT2D eigenvalue weighted by molar-refractivity contribution is 0.0691. The molecule has 4 rings (SSSR count). The molecule has 0 saturated heterocycles. The number of pyridine rings is 1. The van der Waals surface area contributed by atoms with Gasteiger partial charge in [0.15, 0.2) is 5.69 Å². The van der Waals surface area contributed by atoms with Crippen molar-refractivity contribution in [1.82, 2.24) is 14.5 Å². The highest BCUT2D eigenvalue weighted by molar-refractivity contribution is 6.29. The Balaban J connectivity index is 1.88. The summed E-state index contributed by atoms with van der Waals surface area (Å²) in [4.78, 5) is 33.5. The number of aryl methyl sites for hydroxylation is 1. The molecule has 0 fully saturated rings. The molecule has 33 heavy (non-hydrogen) atoms. The van der Waals surface area contributed by atoms with E-state index in [0.29, 0.717) is 27.9 Å². The number of benzene rings is 2. The second-order valence-corrected chi connectivity index (χ2v) is 8.15. The van der Waals surface area contributed by atoms with Crippen molar-refractivity contribution in [1.29, 1.82) is 0 Å². The number of carboxylic acids is 1. The van der Waals surface area contributed by atoms with Crippen LogP contribution in [0.2, 0.25) is 5.15 Å². The van der Waals surface area contributed by atoms with Crippen molar-refractivity contribution in [2.75, 3.05) is 5.32 Å². The van der Waals surface area contributed by atoms with Crippen molar-refractivity contribution < 1.29 is 14.3 Å². The van der Waals surface area contributed by atoms with Crippen LogP contribution in [0.15, 0.2) is 53.3 Å². The van der Waals surface area contributed by atoms with Gasteiger partial charge in [0, 0.05) is 18.2 Å². The first-order chi connectivity index (χ1) is 15.7. The fourth-order valence-corrected chi connectivity index (χ4v) is 3.91. The Morgan fingerprint density at radius 2 is 1.85 bits per heavy atom. The van der Waals surface area contributed by atoms with Crippen molar-refractivity contribution in [3.63, 3.8) is 0 Å². The first-order valence-corrected chi connectivity index (χ1v) is 10.5. The van der Waals surface area contributed by atoms with E-state index in [4.69, 9.17) is 16.6 Å². The summed E-state index contributed by atoms with van der Waals surface area (Å²) in [5.74, 6) is -1.21. The van der Waals surface area contributed by atoms with Crippen LogP contribution in [0.25, 0.3) is 22.3 Å². The number of rotatable bonds is 5. The van der Waals surface area contributed by atoms with E-state index in [1.54, 1.807) is 31.3 Å².